The molecule has 5 heteroatoms. The highest BCUT2D eigenvalue weighted by atomic mass is 32.1. The highest BCUT2D eigenvalue weighted by molar-refractivity contribution is 7.22. The average Bonchev–Trinajstić information content (AvgIpc) is 2.82. The molecule has 3 atom stereocenters. The summed E-state index contributed by atoms with van der Waals surface area (Å²) in [6.45, 7) is 4.51. The number of nitrogens with one attached hydrogen (secondary N) is 1. The van der Waals surface area contributed by atoms with Crippen LogP contribution in [-0.2, 0) is 0 Å². The van der Waals surface area contributed by atoms with Gasteiger partial charge in [-0.25, -0.2) is 4.98 Å². The molecule has 1 heterocycles. The van der Waals surface area contributed by atoms with Gasteiger partial charge in [0.25, 0.3) is 5.91 Å². The maximum Gasteiger partial charge on any atom is 0.251 e. The predicted octanol–water partition coefficient (Wildman–Crippen LogP) is 3.43. The molecule has 1 fully saturated rings. The maximum absolute atomic E-state index is 12.5. The maximum atomic E-state index is 12.5. The summed E-state index contributed by atoms with van der Waals surface area (Å²) in [5.41, 5.74) is 7.25. The van der Waals surface area contributed by atoms with Crippen molar-refractivity contribution in [2.75, 3.05) is 5.73 Å². The summed E-state index contributed by atoms with van der Waals surface area (Å²) in [6.07, 6.45) is 3.54. The molecule has 1 aromatic heterocycles. The lowest BCUT2D eigenvalue weighted by atomic mass is 9.78. The lowest BCUT2D eigenvalue weighted by molar-refractivity contribution is 0.0891. The van der Waals surface area contributed by atoms with Crippen LogP contribution in [0.15, 0.2) is 18.2 Å². The van der Waals surface area contributed by atoms with E-state index in [2.05, 4.69) is 24.1 Å². The number of amides is 1. The number of carbonyl (C=O) groups is 1. The first-order chi connectivity index (χ1) is 10.0. The predicted molar refractivity (Wildman–Crippen MR) is 87.5 cm³/mol. The Hall–Kier alpha value is -1.62. The van der Waals surface area contributed by atoms with Gasteiger partial charge in [-0.1, -0.05) is 38.0 Å². The van der Waals surface area contributed by atoms with Gasteiger partial charge in [0.2, 0.25) is 0 Å². The van der Waals surface area contributed by atoms with Crippen molar-refractivity contribution in [2.24, 2.45) is 11.8 Å². The molecule has 21 heavy (non-hydrogen) atoms. The van der Waals surface area contributed by atoms with Gasteiger partial charge < -0.3 is 11.1 Å². The number of hydrogen-bond donors (Lipinski definition) is 2. The van der Waals surface area contributed by atoms with Crippen molar-refractivity contribution in [1.82, 2.24) is 10.3 Å². The molecule has 1 saturated carbocycles. The van der Waals surface area contributed by atoms with Crippen molar-refractivity contribution in [3.63, 3.8) is 0 Å². The number of anilines is 1. The fraction of sp³-hybridized carbons (Fsp3) is 0.500. The number of benzene rings is 1. The van der Waals surface area contributed by atoms with Crippen LogP contribution < -0.4 is 11.1 Å². The number of thiazole rings is 1. The second kappa shape index (κ2) is 5.64. The van der Waals surface area contributed by atoms with Gasteiger partial charge in [-0.05, 0) is 36.5 Å². The Balaban J connectivity index is 1.77. The van der Waals surface area contributed by atoms with E-state index in [1.54, 1.807) is 0 Å². The van der Waals surface area contributed by atoms with Gasteiger partial charge in [0.15, 0.2) is 5.13 Å². The van der Waals surface area contributed by atoms with E-state index in [-0.39, 0.29) is 11.9 Å². The van der Waals surface area contributed by atoms with Gasteiger partial charge in [0.05, 0.1) is 10.2 Å². The van der Waals surface area contributed by atoms with Gasteiger partial charge in [-0.2, -0.15) is 0 Å². The van der Waals surface area contributed by atoms with E-state index in [1.807, 2.05) is 18.2 Å². The molecular formula is C16H21N3OS. The first kappa shape index (κ1) is 14.3. The van der Waals surface area contributed by atoms with Crippen molar-refractivity contribution in [3.05, 3.63) is 23.8 Å². The fourth-order valence-corrected chi connectivity index (χ4v) is 3.89. The number of nitrogens with zero attached hydrogens (tertiary/aromatic N) is 1. The van der Waals surface area contributed by atoms with Crippen LogP contribution in [0.3, 0.4) is 0 Å². The average molecular weight is 303 g/mol. The molecule has 2 aromatic rings. The van der Waals surface area contributed by atoms with E-state index in [0.29, 0.717) is 22.5 Å². The molecule has 0 saturated heterocycles. The van der Waals surface area contributed by atoms with E-state index < -0.39 is 0 Å². The van der Waals surface area contributed by atoms with Gasteiger partial charge in [0.1, 0.15) is 0 Å². The number of nitrogens with two attached hydrogens (primary N) is 1. The van der Waals surface area contributed by atoms with E-state index in [0.717, 1.165) is 16.6 Å². The minimum Gasteiger partial charge on any atom is -0.375 e. The van der Waals surface area contributed by atoms with Gasteiger partial charge in [-0.3, -0.25) is 4.79 Å². The molecule has 0 aliphatic heterocycles. The highest BCUT2D eigenvalue weighted by Crippen LogP contribution is 2.30. The number of aromatic nitrogens is 1. The van der Waals surface area contributed by atoms with Crippen molar-refractivity contribution in [3.8, 4) is 0 Å². The van der Waals surface area contributed by atoms with Crippen LogP contribution in [0.5, 0.6) is 0 Å². The minimum atomic E-state index is 0.00909. The Bertz CT molecular complexity index is 667. The molecule has 3 N–H and O–H groups in total. The van der Waals surface area contributed by atoms with E-state index in [4.69, 9.17) is 5.73 Å². The van der Waals surface area contributed by atoms with Crippen LogP contribution >= 0.6 is 11.3 Å². The first-order valence-electron chi connectivity index (χ1n) is 7.51. The molecule has 0 bridgehead atoms. The van der Waals surface area contributed by atoms with Crippen molar-refractivity contribution in [2.45, 2.75) is 39.2 Å². The number of hydrogen-bond acceptors (Lipinski definition) is 4. The Morgan fingerprint density at radius 2 is 2.19 bits per heavy atom. The quantitative estimate of drug-likeness (QED) is 0.893. The van der Waals surface area contributed by atoms with Gasteiger partial charge in [0, 0.05) is 11.6 Å². The minimum absolute atomic E-state index is 0.00909. The van der Waals surface area contributed by atoms with Crippen molar-refractivity contribution >= 4 is 32.6 Å². The van der Waals surface area contributed by atoms with Gasteiger partial charge in [-0.15, -0.1) is 0 Å². The van der Waals surface area contributed by atoms with Crippen molar-refractivity contribution in [1.29, 1.82) is 0 Å². The Kier molecular flexibility index (Phi) is 3.85. The second-order valence-corrected chi connectivity index (χ2v) is 7.14. The van der Waals surface area contributed by atoms with Crippen LogP contribution in [0.1, 0.15) is 43.5 Å². The second-order valence-electron chi connectivity index (χ2n) is 6.08. The smallest absolute Gasteiger partial charge is 0.251 e. The van der Waals surface area contributed by atoms with E-state index in [1.165, 1.54) is 24.2 Å². The molecule has 3 unspecified atom stereocenters. The molecule has 1 amide bonds. The summed E-state index contributed by atoms with van der Waals surface area (Å²) in [6, 6.07) is 5.86. The molecule has 1 aliphatic rings. The highest BCUT2D eigenvalue weighted by Gasteiger charge is 2.28. The molecule has 1 aromatic carbocycles. The molecule has 0 radical (unpaired) electrons. The normalized spacial score (nSPS) is 25.9. The van der Waals surface area contributed by atoms with Crippen LogP contribution in [0, 0.1) is 11.8 Å². The monoisotopic (exact) mass is 303 g/mol. The molecular weight excluding hydrogens is 282 g/mol. The number of rotatable bonds is 2. The zero-order valence-corrected chi connectivity index (χ0v) is 13.2. The largest absolute Gasteiger partial charge is 0.375 e. The number of nitrogen functional groups attached to an aromatic ring is 1. The molecule has 0 spiro atoms. The third kappa shape index (κ3) is 2.88. The van der Waals surface area contributed by atoms with E-state index >= 15 is 0 Å². The fourth-order valence-electron chi connectivity index (χ4n) is 3.12. The summed E-state index contributed by atoms with van der Waals surface area (Å²) in [5.74, 6) is 1.22. The summed E-state index contributed by atoms with van der Waals surface area (Å²) in [5, 5.41) is 3.74. The van der Waals surface area contributed by atoms with Crippen LogP contribution in [0.25, 0.3) is 10.2 Å². The first-order valence-corrected chi connectivity index (χ1v) is 8.33. The third-order valence-corrected chi connectivity index (χ3v) is 5.54. The molecule has 3 rings (SSSR count). The Morgan fingerprint density at radius 1 is 1.38 bits per heavy atom. The lowest BCUT2D eigenvalue weighted by Crippen LogP contribution is -2.43. The molecule has 1 aliphatic carbocycles. The Morgan fingerprint density at radius 3 is 3.00 bits per heavy atom. The summed E-state index contributed by atoms with van der Waals surface area (Å²) in [7, 11) is 0. The van der Waals surface area contributed by atoms with E-state index in [9.17, 15) is 4.79 Å². The SMILES string of the molecule is CC1CCCC(NC(=O)c2ccc3nc(N)sc3c2)C1C. The van der Waals surface area contributed by atoms with Crippen LogP contribution in [0.2, 0.25) is 0 Å². The number of fused-ring (bicyclic) bond motifs is 1. The lowest BCUT2D eigenvalue weighted by Gasteiger charge is -2.34. The van der Waals surface area contributed by atoms with Gasteiger partial charge >= 0.3 is 0 Å². The summed E-state index contributed by atoms with van der Waals surface area (Å²) in [4.78, 5) is 16.7. The Labute approximate surface area is 128 Å². The summed E-state index contributed by atoms with van der Waals surface area (Å²) >= 11 is 1.42. The molecule has 112 valence electrons. The van der Waals surface area contributed by atoms with Crippen LogP contribution in [0.4, 0.5) is 5.13 Å². The zero-order chi connectivity index (χ0) is 15.0. The third-order valence-electron chi connectivity index (χ3n) is 4.69. The topological polar surface area (TPSA) is 68.0 Å². The molecule has 4 nitrogen and oxygen atoms in total. The van der Waals surface area contributed by atoms with Crippen LogP contribution in [-0.4, -0.2) is 16.9 Å². The van der Waals surface area contributed by atoms with Crippen molar-refractivity contribution < 1.29 is 4.79 Å². The standard InChI is InChI=1S/C16H21N3OS/c1-9-4-3-5-12(10(9)2)18-15(20)11-6-7-13-14(8-11)21-16(17)19-13/h6-10,12H,3-5H2,1-2H3,(H2,17,19)(H,18,20). The summed E-state index contributed by atoms with van der Waals surface area (Å²) < 4.78 is 0.963. The zero-order valence-electron chi connectivity index (χ0n) is 12.4. The number of carbonyl (C=O) groups excluding carboxylic acids is 1.